The predicted octanol–water partition coefficient (Wildman–Crippen LogP) is 7.63. The zero-order valence-corrected chi connectivity index (χ0v) is 16.9. The monoisotopic (exact) mass is 366 g/mol. The van der Waals surface area contributed by atoms with Gasteiger partial charge in [-0.2, -0.15) is 8.78 Å². The van der Waals surface area contributed by atoms with Crippen LogP contribution < -0.4 is 4.74 Å². The van der Waals surface area contributed by atoms with Crippen LogP contribution in [0.5, 0.6) is 5.75 Å². The summed E-state index contributed by atoms with van der Waals surface area (Å²) in [6, 6.07) is 6.90. The van der Waals surface area contributed by atoms with E-state index in [0.29, 0.717) is 18.8 Å². The van der Waals surface area contributed by atoms with Crippen molar-refractivity contribution in [3.8, 4) is 5.75 Å². The number of halogens is 2. The van der Waals surface area contributed by atoms with E-state index in [1.54, 1.807) is 12.1 Å². The lowest BCUT2D eigenvalue weighted by molar-refractivity contribution is -0.224. The Morgan fingerprint density at radius 2 is 1.27 bits per heavy atom. The molecule has 2 aliphatic carbocycles. The number of benzene rings is 1. The third-order valence-electron chi connectivity index (χ3n) is 6.25. The second-order valence-corrected chi connectivity index (χ2v) is 8.11. The van der Waals surface area contributed by atoms with Gasteiger partial charge in [0.2, 0.25) is 0 Å². The molecule has 0 aromatic heterocycles. The van der Waals surface area contributed by atoms with Gasteiger partial charge in [-0.1, -0.05) is 51.3 Å². The molecule has 0 saturated heterocycles. The van der Waals surface area contributed by atoms with Crippen molar-refractivity contribution >= 4 is 0 Å². The molecule has 0 radical (unpaired) electrons. The molecule has 1 aromatic carbocycles. The molecule has 2 fully saturated rings. The molecule has 0 N–H and O–H groups in total. The minimum atomic E-state index is -3.05. The maximum absolute atomic E-state index is 14.5. The van der Waals surface area contributed by atoms with Crippen LogP contribution in [-0.2, 0) is 0 Å². The zero-order valence-electron chi connectivity index (χ0n) is 16.9. The quantitative estimate of drug-likeness (QED) is 0.532. The summed E-state index contributed by atoms with van der Waals surface area (Å²) in [7, 11) is 0. The molecule has 3 rings (SSSR count). The van der Waals surface area contributed by atoms with E-state index in [1.807, 2.05) is 32.9 Å². The van der Waals surface area contributed by atoms with Crippen LogP contribution in [0.3, 0.4) is 0 Å². The van der Waals surface area contributed by atoms with Crippen molar-refractivity contribution in [3.63, 3.8) is 0 Å². The van der Waals surface area contributed by atoms with E-state index >= 15 is 0 Å². The fourth-order valence-corrected chi connectivity index (χ4v) is 4.53. The molecule has 1 aromatic rings. The molecule has 2 saturated carbocycles. The van der Waals surface area contributed by atoms with Crippen LogP contribution in [0.25, 0.3) is 0 Å². The van der Waals surface area contributed by atoms with Gasteiger partial charge in [-0.15, -0.1) is 0 Å². The van der Waals surface area contributed by atoms with Gasteiger partial charge in [-0.3, -0.25) is 0 Å². The molecular formula is C23H36F2O. The first-order valence-electron chi connectivity index (χ1n) is 10.6. The van der Waals surface area contributed by atoms with Crippen LogP contribution in [0.1, 0.15) is 77.7 Å². The molecule has 0 spiro atoms. The molecule has 0 heterocycles. The van der Waals surface area contributed by atoms with Gasteiger partial charge in [-0.25, -0.2) is 0 Å². The molecule has 0 aliphatic heterocycles. The van der Waals surface area contributed by atoms with Crippen LogP contribution in [0.2, 0.25) is 0 Å². The summed E-state index contributed by atoms with van der Waals surface area (Å²) in [5, 5.41) is 0. The van der Waals surface area contributed by atoms with E-state index in [0.717, 1.165) is 30.2 Å². The highest BCUT2D eigenvalue weighted by Gasteiger charge is 2.44. The summed E-state index contributed by atoms with van der Waals surface area (Å²) >= 11 is 0. The highest BCUT2D eigenvalue weighted by atomic mass is 19.3. The minimum absolute atomic E-state index is 0.272. The zero-order chi connectivity index (χ0) is 19.2. The Morgan fingerprint density at radius 3 is 1.77 bits per heavy atom. The highest BCUT2D eigenvalue weighted by Crippen LogP contribution is 2.45. The molecule has 0 atom stereocenters. The third kappa shape index (κ3) is 5.69. The number of ether oxygens (including phenoxy) is 1. The molecule has 26 heavy (non-hydrogen) atoms. The Morgan fingerprint density at radius 1 is 0.808 bits per heavy atom. The number of hydrogen-bond acceptors (Lipinski definition) is 1. The van der Waals surface area contributed by atoms with Gasteiger partial charge in [0.1, 0.15) is 5.75 Å². The smallest absolute Gasteiger partial charge is 0.400 e. The van der Waals surface area contributed by atoms with Gasteiger partial charge in [0.25, 0.3) is 0 Å². The second kappa shape index (κ2) is 9.71. The van der Waals surface area contributed by atoms with Gasteiger partial charge >= 0.3 is 6.11 Å². The number of rotatable bonds is 4. The maximum Gasteiger partial charge on any atom is 0.400 e. The average molecular weight is 367 g/mol. The Bertz CT molecular complexity index is 510. The van der Waals surface area contributed by atoms with Crippen molar-refractivity contribution in [2.75, 3.05) is 0 Å². The largest absolute Gasteiger partial charge is 0.432 e. The topological polar surface area (TPSA) is 9.23 Å². The van der Waals surface area contributed by atoms with Crippen LogP contribution >= 0.6 is 0 Å². The van der Waals surface area contributed by atoms with Crippen LogP contribution in [0.4, 0.5) is 8.78 Å². The van der Waals surface area contributed by atoms with E-state index in [9.17, 15) is 8.78 Å². The number of aryl methyl sites for hydroxylation is 1. The van der Waals surface area contributed by atoms with Gasteiger partial charge in [0, 0.05) is 0 Å². The van der Waals surface area contributed by atoms with Crippen molar-refractivity contribution in [1.82, 2.24) is 0 Å². The molecule has 148 valence electrons. The highest BCUT2D eigenvalue weighted by molar-refractivity contribution is 5.26. The SMILES string of the molecule is CC.Cc1ccc(OC(F)(F)C2CCC(C3CCC(C)CC3)CC2)cc1. The summed E-state index contributed by atoms with van der Waals surface area (Å²) in [6.45, 7) is 8.27. The molecular weight excluding hydrogens is 330 g/mol. The number of alkyl halides is 2. The van der Waals surface area contributed by atoms with E-state index < -0.39 is 12.0 Å². The average Bonchev–Trinajstić information content (AvgIpc) is 2.66. The lowest BCUT2D eigenvalue weighted by Gasteiger charge is -2.38. The Hall–Kier alpha value is -1.12. The summed E-state index contributed by atoms with van der Waals surface area (Å²) in [4.78, 5) is 0. The second-order valence-electron chi connectivity index (χ2n) is 8.11. The van der Waals surface area contributed by atoms with Crippen molar-refractivity contribution in [3.05, 3.63) is 29.8 Å². The first-order valence-corrected chi connectivity index (χ1v) is 10.6. The van der Waals surface area contributed by atoms with Crippen LogP contribution in [0, 0.1) is 30.6 Å². The standard InChI is InChI=1S/C21H30F2O.C2H6/c1-15-3-7-17(8-4-15)18-9-11-19(12-10-18)21(22,23)24-20-13-5-16(2)6-14-20;1-2/h5-6,13-15,17-19H,3-4,7-12H2,1-2H3;1-2H3. The first-order chi connectivity index (χ1) is 12.4. The first kappa shape index (κ1) is 21.2. The summed E-state index contributed by atoms with van der Waals surface area (Å²) < 4.78 is 34.0. The fourth-order valence-electron chi connectivity index (χ4n) is 4.53. The van der Waals surface area contributed by atoms with Gasteiger partial charge in [0.15, 0.2) is 0 Å². The molecule has 1 nitrogen and oxygen atoms in total. The third-order valence-corrected chi connectivity index (χ3v) is 6.25. The van der Waals surface area contributed by atoms with Crippen LogP contribution in [-0.4, -0.2) is 6.11 Å². The maximum atomic E-state index is 14.5. The Kier molecular flexibility index (Phi) is 7.91. The van der Waals surface area contributed by atoms with Gasteiger partial charge in [-0.05, 0) is 75.3 Å². The van der Waals surface area contributed by atoms with E-state index in [-0.39, 0.29) is 5.75 Å². The van der Waals surface area contributed by atoms with Crippen molar-refractivity contribution in [1.29, 1.82) is 0 Å². The molecule has 2 aliphatic rings. The van der Waals surface area contributed by atoms with Gasteiger partial charge < -0.3 is 4.74 Å². The minimum Gasteiger partial charge on any atom is -0.432 e. The summed E-state index contributed by atoms with van der Waals surface area (Å²) in [6.07, 6.45) is 5.24. The summed E-state index contributed by atoms with van der Waals surface area (Å²) in [5.74, 6) is 1.91. The molecule has 0 bridgehead atoms. The van der Waals surface area contributed by atoms with E-state index in [1.165, 1.54) is 25.7 Å². The Labute approximate surface area is 158 Å². The fraction of sp³-hybridized carbons (Fsp3) is 0.739. The predicted molar refractivity (Wildman–Crippen MR) is 105 cm³/mol. The Balaban J connectivity index is 0.00000117. The van der Waals surface area contributed by atoms with Crippen molar-refractivity contribution in [2.45, 2.75) is 85.2 Å². The molecule has 0 unspecified atom stereocenters. The number of hydrogen-bond donors (Lipinski definition) is 0. The molecule has 0 amide bonds. The van der Waals surface area contributed by atoms with E-state index in [4.69, 9.17) is 4.74 Å². The lowest BCUT2D eigenvalue weighted by atomic mass is 9.69. The van der Waals surface area contributed by atoms with Gasteiger partial charge in [0.05, 0.1) is 5.92 Å². The lowest BCUT2D eigenvalue weighted by Crippen LogP contribution is -2.38. The van der Waals surface area contributed by atoms with Crippen LogP contribution in [0.15, 0.2) is 24.3 Å². The normalized spacial score (nSPS) is 29.5. The molecule has 3 heteroatoms. The van der Waals surface area contributed by atoms with Crippen molar-refractivity contribution in [2.24, 2.45) is 23.7 Å². The van der Waals surface area contributed by atoms with Crippen molar-refractivity contribution < 1.29 is 13.5 Å². The van der Waals surface area contributed by atoms with E-state index in [2.05, 4.69) is 6.92 Å². The summed E-state index contributed by atoms with van der Waals surface area (Å²) in [5.41, 5.74) is 1.05.